The lowest BCUT2D eigenvalue weighted by Crippen LogP contribution is -2.56. The average molecular weight is 1280 g/mol. The SMILES string of the molecule is C[C@H](CC(=O)[C@H](C)NC(=O)CCCCCN1C(=O)C=CC1=O)C(=O)N[C@@H](CC(N)=O)C(=O)N[C@@H](CCN(C(=O)CO)[C@@H](c1cc(-c2cc(F)ccc2F)cn1Cc1ccccc1)C(C)(C)C)C(=O)NCCC(=O)NCCCC[C@H](N)C(=O)O.O=C(O)C(F)(F)F. The number of carboxylic acid groups (broad SMARTS) is 2. The number of hydrogen-bond donors (Lipinski definition) is 10. The molecule has 1 aliphatic rings. The largest absolute Gasteiger partial charge is 0.490 e. The van der Waals surface area contributed by atoms with Crippen molar-refractivity contribution in [1.82, 2.24) is 41.0 Å². The molecule has 0 unspecified atom stereocenters. The minimum absolute atomic E-state index is 0.0399. The molecular weight excluding hydrogens is 1200 g/mol. The number of ketones is 1. The third-order valence-corrected chi connectivity index (χ3v) is 14.0. The first-order chi connectivity index (χ1) is 42.1. The van der Waals surface area contributed by atoms with Gasteiger partial charge in [0.05, 0.1) is 18.5 Å². The first-order valence-electron chi connectivity index (χ1n) is 28.8. The number of nitrogens with zero attached hydrogens (tertiary/aromatic N) is 3. The van der Waals surface area contributed by atoms with E-state index in [-0.39, 0.29) is 63.1 Å². The van der Waals surface area contributed by atoms with Crippen LogP contribution in [0.5, 0.6) is 0 Å². The summed E-state index contributed by atoms with van der Waals surface area (Å²) >= 11 is 0. The summed E-state index contributed by atoms with van der Waals surface area (Å²) in [6, 6.07) is 7.39. The molecule has 1 aromatic heterocycles. The Hall–Kier alpha value is -8.93. The molecule has 90 heavy (non-hydrogen) atoms. The summed E-state index contributed by atoms with van der Waals surface area (Å²) in [6.07, 6.45) is -0.510. The quantitative estimate of drug-likeness (QED) is 0.0230. The highest BCUT2D eigenvalue weighted by Crippen LogP contribution is 2.41. The molecular formula is C60H79F5N10O15. The van der Waals surface area contributed by atoms with Gasteiger partial charge < -0.3 is 62.8 Å². The molecule has 6 atom stereocenters. The van der Waals surface area contributed by atoms with Crippen molar-refractivity contribution in [2.24, 2.45) is 22.8 Å². The number of hydrogen-bond acceptors (Lipinski definition) is 14. The molecule has 30 heteroatoms. The molecule has 2 aromatic carbocycles. The Morgan fingerprint density at radius 3 is 1.93 bits per heavy atom. The van der Waals surface area contributed by atoms with Crippen molar-refractivity contribution in [2.75, 3.05) is 32.8 Å². The van der Waals surface area contributed by atoms with E-state index in [1.54, 1.807) is 37.6 Å². The van der Waals surface area contributed by atoms with E-state index in [1.165, 1.54) is 30.9 Å². The lowest BCUT2D eigenvalue weighted by molar-refractivity contribution is -0.192. The van der Waals surface area contributed by atoms with Gasteiger partial charge in [-0.15, -0.1) is 0 Å². The number of rotatable bonds is 35. The van der Waals surface area contributed by atoms with Gasteiger partial charge in [0.2, 0.25) is 41.4 Å². The zero-order valence-corrected chi connectivity index (χ0v) is 50.5. The van der Waals surface area contributed by atoms with Crippen LogP contribution in [0.1, 0.15) is 123 Å². The molecule has 9 amide bonds. The van der Waals surface area contributed by atoms with Crippen LogP contribution in [0.2, 0.25) is 0 Å². The second-order valence-electron chi connectivity index (χ2n) is 22.5. The number of benzene rings is 2. The monoisotopic (exact) mass is 1270 g/mol. The van der Waals surface area contributed by atoms with E-state index in [2.05, 4.69) is 26.6 Å². The Morgan fingerprint density at radius 1 is 0.711 bits per heavy atom. The Balaban J connectivity index is 0.00000284. The molecule has 0 bridgehead atoms. The number of nitrogens with two attached hydrogens (primary N) is 2. The fourth-order valence-electron chi connectivity index (χ4n) is 9.33. The number of halogens is 5. The van der Waals surface area contributed by atoms with Gasteiger partial charge in [-0.1, -0.05) is 64.4 Å². The summed E-state index contributed by atoms with van der Waals surface area (Å²) in [6.45, 7) is 7.13. The van der Waals surface area contributed by atoms with Crippen LogP contribution in [0.3, 0.4) is 0 Å². The summed E-state index contributed by atoms with van der Waals surface area (Å²) in [5.74, 6) is -13.4. The number of amides is 9. The zero-order chi connectivity index (χ0) is 67.6. The van der Waals surface area contributed by atoms with E-state index in [0.717, 1.165) is 28.7 Å². The number of Topliss-reactive ketones (excluding diaryl/α,β-unsaturated/α-hetero) is 1. The highest BCUT2D eigenvalue weighted by molar-refractivity contribution is 6.12. The Bertz CT molecular complexity index is 3040. The van der Waals surface area contributed by atoms with Crippen molar-refractivity contribution in [2.45, 2.75) is 148 Å². The van der Waals surface area contributed by atoms with Crippen LogP contribution >= 0.6 is 0 Å². The molecule has 0 saturated carbocycles. The van der Waals surface area contributed by atoms with Crippen molar-refractivity contribution in [1.29, 1.82) is 0 Å². The summed E-state index contributed by atoms with van der Waals surface area (Å²) in [7, 11) is 0. The van der Waals surface area contributed by atoms with Crippen LogP contribution in [0.25, 0.3) is 11.1 Å². The van der Waals surface area contributed by atoms with E-state index in [4.69, 9.17) is 26.5 Å². The van der Waals surface area contributed by atoms with Crippen LogP contribution in [0, 0.1) is 23.0 Å². The number of alkyl halides is 3. The highest BCUT2D eigenvalue weighted by Gasteiger charge is 2.40. The lowest BCUT2D eigenvalue weighted by Gasteiger charge is -2.41. The topological polar surface area (TPSA) is 389 Å². The van der Waals surface area contributed by atoms with E-state index in [0.29, 0.717) is 37.8 Å². The molecule has 3 aromatic rings. The molecule has 0 spiro atoms. The maximum Gasteiger partial charge on any atom is 0.490 e. The van der Waals surface area contributed by atoms with E-state index in [1.807, 2.05) is 30.3 Å². The number of unbranched alkanes of at least 4 members (excludes halogenated alkanes) is 3. The summed E-state index contributed by atoms with van der Waals surface area (Å²) in [5, 5.41) is 39.5. The molecule has 4 rings (SSSR count). The molecule has 0 radical (unpaired) electrons. The van der Waals surface area contributed by atoms with Gasteiger partial charge >= 0.3 is 18.1 Å². The second-order valence-corrected chi connectivity index (χ2v) is 22.5. The van der Waals surface area contributed by atoms with Gasteiger partial charge in [-0.2, -0.15) is 13.2 Å². The summed E-state index contributed by atoms with van der Waals surface area (Å²) in [4.78, 5) is 153. The predicted molar refractivity (Wildman–Crippen MR) is 313 cm³/mol. The molecule has 25 nitrogen and oxygen atoms in total. The van der Waals surface area contributed by atoms with Gasteiger partial charge in [0.15, 0.2) is 5.78 Å². The normalized spacial score (nSPS) is 14.2. The number of carbonyl (C=O) groups is 12. The highest BCUT2D eigenvalue weighted by atomic mass is 19.4. The van der Waals surface area contributed by atoms with Crippen molar-refractivity contribution >= 4 is 70.9 Å². The second kappa shape index (κ2) is 35.9. The molecule has 1 aliphatic heterocycles. The average Bonchev–Trinajstić information content (AvgIpc) is 1.60. The minimum Gasteiger partial charge on any atom is -0.480 e. The van der Waals surface area contributed by atoms with Crippen molar-refractivity contribution in [3.8, 4) is 11.1 Å². The van der Waals surface area contributed by atoms with E-state index >= 15 is 4.39 Å². The Labute approximate surface area is 515 Å². The molecule has 12 N–H and O–H groups in total. The van der Waals surface area contributed by atoms with Crippen LogP contribution in [0.15, 0.2) is 72.9 Å². The van der Waals surface area contributed by atoms with Crippen LogP contribution in [-0.2, 0) is 64.1 Å². The zero-order valence-electron chi connectivity index (χ0n) is 50.5. The number of aliphatic carboxylic acids is 2. The minimum atomic E-state index is -5.08. The van der Waals surface area contributed by atoms with Crippen molar-refractivity contribution in [3.05, 3.63) is 95.8 Å². The van der Waals surface area contributed by atoms with Gasteiger partial charge in [-0.25, -0.2) is 13.6 Å². The maximum atomic E-state index is 15.4. The smallest absolute Gasteiger partial charge is 0.480 e. The molecule has 2 heterocycles. The predicted octanol–water partition coefficient (Wildman–Crippen LogP) is 3.05. The number of carbonyl (C=O) groups excluding carboxylic acids is 10. The molecule has 0 saturated heterocycles. The third-order valence-electron chi connectivity index (χ3n) is 14.0. The van der Waals surface area contributed by atoms with Gasteiger partial charge in [0.25, 0.3) is 11.8 Å². The van der Waals surface area contributed by atoms with E-state index in [9.17, 15) is 75.4 Å². The van der Waals surface area contributed by atoms with Gasteiger partial charge in [0, 0.05) is 93.1 Å². The summed E-state index contributed by atoms with van der Waals surface area (Å²) < 4.78 is 63.6. The summed E-state index contributed by atoms with van der Waals surface area (Å²) in [5.41, 5.74) is 11.6. The van der Waals surface area contributed by atoms with Gasteiger partial charge in [0.1, 0.15) is 36.4 Å². The Kier molecular flexibility index (Phi) is 30.1. The molecule has 0 fully saturated rings. The first-order valence-corrected chi connectivity index (χ1v) is 28.8. The molecule has 0 aliphatic carbocycles. The van der Waals surface area contributed by atoms with Gasteiger partial charge in [-0.05, 0) is 80.7 Å². The number of aliphatic hydroxyl groups is 1. The number of aliphatic hydroxyl groups excluding tert-OH is 1. The lowest BCUT2D eigenvalue weighted by atomic mass is 9.82. The number of imide groups is 1. The molecule has 494 valence electrons. The van der Waals surface area contributed by atoms with Crippen molar-refractivity contribution in [3.63, 3.8) is 0 Å². The fraction of sp³-hybridized carbons (Fsp3) is 0.500. The van der Waals surface area contributed by atoms with Gasteiger partial charge in [-0.3, -0.25) is 57.6 Å². The van der Waals surface area contributed by atoms with Crippen LogP contribution < -0.4 is 38.1 Å². The van der Waals surface area contributed by atoms with E-state index < -0.39 is 156 Å². The first kappa shape index (κ1) is 75.3. The third kappa shape index (κ3) is 25.3. The number of carboxylic acids is 2. The van der Waals surface area contributed by atoms with Crippen LogP contribution in [-0.4, -0.2) is 164 Å². The number of aromatic nitrogens is 1. The number of primary amides is 1. The Morgan fingerprint density at radius 2 is 1.34 bits per heavy atom. The fourth-order valence-corrected chi connectivity index (χ4v) is 9.33. The van der Waals surface area contributed by atoms with Crippen molar-refractivity contribution < 1.29 is 94.8 Å². The number of nitrogens with one attached hydrogen (secondary N) is 5. The maximum absolute atomic E-state index is 15.4. The van der Waals surface area contributed by atoms with Crippen LogP contribution in [0.4, 0.5) is 22.0 Å². The standard InChI is InChI=1S/C58H78F2N10O13.C2HF3O2/c1-35(28-46(72)36(2)65-49(75)17-10-7-13-26-69-50(76)20-21-51(69)77)54(79)67-44(31-47(62)73)56(81)66-43(55(80)64-25-22-48(74)63-24-12-11-16-42(61)57(82)83)23-27-70(52(78)34-71)53(58(3,4)5)45-29-38(40-30-39(59)18-19-41(40)60)33-68(45)32-37-14-8-6-9-15-37;3-2(4,5)1(6)7/h6,8-9,14-15,18-21,29-30,33,35-36,42-44,53,71H,7,10-13,16-17,22-28,31-32,34,61H2,1-5H3,(H2,62,73)(H,63,74)(H,64,80)(H,65,75)(H,66,81)(H,67,79)(H,82,83);(H,6,7)/t35-,36+,42+,43+,44+,53+;/m1./s1.